The fourth-order valence-corrected chi connectivity index (χ4v) is 6.50. The van der Waals surface area contributed by atoms with Crippen LogP contribution in [0.2, 0.25) is 0 Å². The summed E-state index contributed by atoms with van der Waals surface area (Å²) in [5.41, 5.74) is 2.21. The minimum absolute atomic E-state index is 0.582. The molecule has 1 aromatic carbocycles. The van der Waals surface area contributed by atoms with Gasteiger partial charge in [-0.3, -0.25) is 0 Å². The van der Waals surface area contributed by atoms with E-state index in [9.17, 15) is 0 Å². The number of benzene rings is 1. The van der Waals surface area contributed by atoms with E-state index in [0.717, 1.165) is 23.7 Å². The van der Waals surface area contributed by atoms with Crippen molar-refractivity contribution in [1.29, 1.82) is 0 Å². The van der Waals surface area contributed by atoms with Crippen molar-refractivity contribution in [2.24, 2.45) is 23.2 Å². The second kappa shape index (κ2) is 5.12. The Morgan fingerprint density at radius 2 is 1.76 bits per heavy atom. The van der Waals surface area contributed by atoms with Crippen LogP contribution in [-0.2, 0) is 0 Å². The van der Waals surface area contributed by atoms with Crippen LogP contribution in [0.25, 0.3) is 0 Å². The van der Waals surface area contributed by atoms with Crippen LogP contribution in [0.1, 0.15) is 56.9 Å². The summed E-state index contributed by atoms with van der Waals surface area (Å²) in [6.07, 6.45) is 8.90. The molecule has 4 saturated carbocycles. The van der Waals surface area contributed by atoms with Crippen LogP contribution in [0, 0.1) is 23.2 Å². The lowest BCUT2D eigenvalue weighted by Crippen LogP contribution is -2.53. The van der Waals surface area contributed by atoms with Crippen molar-refractivity contribution in [3.8, 4) is 0 Å². The largest absolute Gasteiger partial charge is 0.317 e. The normalized spacial score (nSPS) is 42.2. The molecule has 1 heteroatoms. The lowest BCUT2D eigenvalue weighted by Gasteiger charge is -2.62. The first-order valence-corrected chi connectivity index (χ1v) is 8.92. The molecule has 0 aliphatic heterocycles. The topological polar surface area (TPSA) is 12.0 Å². The van der Waals surface area contributed by atoms with Gasteiger partial charge < -0.3 is 5.32 Å². The molecule has 4 aliphatic rings. The third-order valence-electron chi connectivity index (χ3n) is 6.82. The van der Waals surface area contributed by atoms with E-state index in [4.69, 9.17) is 0 Å². The van der Waals surface area contributed by atoms with Crippen molar-refractivity contribution < 1.29 is 0 Å². The molecule has 21 heavy (non-hydrogen) atoms. The summed E-state index contributed by atoms with van der Waals surface area (Å²) in [5, 5.41) is 3.51. The zero-order chi connectivity index (χ0) is 14.4. The molecule has 0 radical (unpaired) electrons. The summed E-state index contributed by atoms with van der Waals surface area (Å²) in [6.45, 7) is 2.38. The van der Waals surface area contributed by atoms with Gasteiger partial charge in [0, 0.05) is 6.04 Å². The van der Waals surface area contributed by atoms with E-state index < -0.39 is 0 Å². The Balaban J connectivity index is 1.72. The van der Waals surface area contributed by atoms with Crippen molar-refractivity contribution in [1.82, 2.24) is 5.32 Å². The van der Waals surface area contributed by atoms with E-state index in [1.54, 1.807) is 5.56 Å². The molecule has 4 aliphatic carbocycles. The molecule has 0 heterocycles. The van der Waals surface area contributed by atoms with Gasteiger partial charge in [0.2, 0.25) is 0 Å². The minimum Gasteiger partial charge on any atom is -0.317 e. The van der Waals surface area contributed by atoms with Crippen LogP contribution in [0.4, 0.5) is 0 Å². The fraction of sp³-hybridized carbons (Fsp3) is 0.700. The van der Waals surface area contributed by atoms with E-state index in [-0.39, 0.29) is 0 Å². The zero-order valence-electron chi connectivity index (χ0n) is 13.5. The summed E-state index contributed by atoms with van der Waals surface area (Å²) in [6, 6.07) is 12.1. The highest BCUT2D eigenvalue weighted by molar-refractivity contribution is 5.27. The van der Waals surface area contributed by atoms with E-state index in [1.807, 2.05) is 0 Å². The molecular formula is C20H29N. The van der Waals surface area contributed by atoms with Crippen LogP contribution < -0.4 is 5.32 Å². The zero-order valence-corrected chi connectivity index (χ0v) is 13.5. The highest BCUT2D eigenvalue weighted by Crippen LogP contribution is 2.67. The molecule has 0 saturated heterocycles. The van der Waals surface area contributed by atoms with Crippen LogP contribution in [0.3, 0.4) is 0 Å². The van der Waals surface area contributed by atoms with Crippen LogP contribution in [0.5, 0.6) is 0 Å². The average molecular weight is 283 g/mol. The standard InChI is InChI=1S/C20H29N/c1-14(21-2)11-20-12-15-8-16(13-20)10-18(9-15)19(20)17-6-4-3-5-7-17/h3-7,14-16,18-19,21H,8-13H2,1-2H3/t14-,15-,16+,18?,19+,20?/m1/s1. The Morgan fingerprint density at radius 3 is 2.38 bits per heavy atom. The number of rotatable bonds is 4. The first-order valence-electron chi connectivity index (χ1n) is 8.92. The average Bonchev–Trinajstić information content (AvgIpc) is 2.46. The van der Waals surface area contributed by atoms with E-state index in [2.05, 4.69) is 49.6 Å². The number of nitrogens with one attached hydrogen (secondary N) is 1. The molecule has 5 rings (SSSR count). The van der Waals surface area contributed by atoms with Crippen molar-refractivity contribution in [3.05, 3.63) is 35.9 Å². The number of hydrogen-bond donors (Lipinski definition) is 1. The first-order chi connectivity index (χ1) is 10.2. The van der Waals surface area contributed by atoms with Gasteiger partial charge in [0.25, 0.3) is 0 Å². The van der Waals surface area contributed by atoms with Gasteiger partial charge in [0.05, 0.1) is 0 Å². The van der Waals surface area contributed by atoms with Gasteiger partial charge >= 0.3 is 0 Å². The lowest BCUT2D eigenvalue weighted by molar-refractivity contribution is -0.0835. The van der Waals surface area contributed by atoms with Crippen LogP contribution in [-0.4, -0.2) is 13.1 Å². The predicted molar refractivity (Wildman–Crippen MR) is 88.3 cm³/mol. The molecule has 4 bridgehead atoms. The van der Waals surface area contributed by atoms with E-state index >= 15 is 0 Å². The molecule has 0 spiro atoms. The fourth-order valence-electron chi connectivity index (χ4n) is 6.50. The summed E-state index contributed by atoms with van der Waals surface area (Å²) in [5.74, 6) is 3.85. The maximum absolute atomic E-state index is 3.51. The number of hydrogen-bond acceptors (Lipinski definition) is 1. The monoisotopic (exact) mass is 283 g/mol. The Bertz CT molecular complexity index is 480. The minimum atomic E-state index is 0.582. The van der Waals surface area contributed by atoms with Gasteiger partial charge in [0.1, 0.15) is 0 Å². The predicted octanol–water partition coefficient (Wildman–Crippen LogP) is 4.59. The quantitative estimate of drug-likeness (QED) is 0.852. The van der Waals surface area contributed by atoms with Crippen molar-refractivity contribution in [3.63, 3.8) is 0 Å². The lowest BCUT2D eigenvalue weighted by atomic mass is 9.43. The molecule has 114 valence electrons. The smallest absolute Gasteiger partial charge is 0.00412 e. The van der Waals surface area contributed by atoms with Crippen LogP contribution >= 0.6 is 0 Å². The van der Waals surface area contributed by atoms with Gasteiger partial charge in [-0.25, -0.2) is 0 Å². The first kappa shape index (κ1) is 13.8. The Labute approximate surface area is 129 Å². The van der Waals surface area contributed by atoms with Gasteiger partial charge in [-0.1, -0.05) is 30.3 Å². The molecule has 1 nitrogen and oxygen atoms in total. The second-order valence-corrected chi connectivity index (χ2v) is 8.25. The Kier molecular flexibility index (Phi) is 3.37. The van der Waals surface area contributed by atoms with Gasteiger partial charge in [-0.15, -0.1) is 0 Å². The maximum Gasteiger partial charge on any atom is 0.00412 e. The summed E-state index contributed by atoms with van der Waals surface area (Å²) in [7, 11) is 2.13. The van der Waals surface area contributed by atoms with Gasteiger partial charge in [-0.2, -0.15) is 0 Å². The molecule has 0 amide bonds. The Morgan fingerprint density at radius 1 is 1.10 bits per heavy atom. The third kappa shape index (κ3) is 2.25. The second-order valence-electron chi connectivity index (χ2n) is 8.25. The highest BCUT2D eigenvalue weighted by Gasteiger charge is 2.57. The van der Waals surface area contributed by atoms with Crippen molar-refractivity contribution >= 4 is 0 Å². The SMILES string of the molecule is CN[C@H](C)CC12C[C@@H]3CC(C[C@@H](C3)C1)[C@@H]2c1ccccc1. The highest BCUT2D eigenvalue weighted by atomic mass is 14.9. The van der Waals surface area contributed by atoms with Gasteiger partial charge in [0.15, 0.2) is 0 Å². The van der Waals surface area contributed by atoms with Crippen LogP contribution in [0.15, 0.2) is 30.3 Å². The Hall–Kier alpha value is -0.820. The van der Waals surface area contributed by atoms with Crippen molar-refractivity contribution in [2.45, 2.75) is 57.4 Å². The molecule has 1 N–H and O–H groups in total. The van der Waals surface area contributed by atoms with E-state index in [1.165, 1.54) is 38.5 Å². The molecule has 0 aromatic heterocycles. The maximum atomic E-state index is 3.51. The molecule has 4 fully saturated rings. The summed E-state index contributed by atoms with van der Waals surface area (Å²) >= 11 is 0. The third-order valence-corrected chi connectivity index (χ3v) is 6.82. The molecule has 1 aromatic rings. The van der Waals surface area contributed by atoms with Crippen molar-refractivity contribution in [2.75, 3.05) is 7.05 Å². The molecular weight excluding hydrogens is 254 g/mol. The summed E-state index contributed by atoms with van der Waals surface area (Å²) in [4.78, 5) is 0. The summed E-state index contributed by atoms with van der Waals surface area (Å²) < 4.78 is 0. The van der Waals surface area contributed by atoms with E-state index in [0.29, 0.717) is 11.5 Å². The molecule has 6 atom stereocenters. The van der Waals surface area contributed by atoms with Gasteiger partial charge in [-0.05, 0) is 87.1 Å². The molecule has 2 unspecified atom stereocenters.